The summed E-state index contributed by atoms with van der Waals surface area (Å²) >= 11 is 8.97. The molecule has 3 aromatic rings. The van der Waals surface area contributed by atoms with Crippen molar-refractivity contribution in [3.63, 3.8) is 0 Å². The van der Waals surface area contributed by atoms with Crippen LogP contribution in [0.4, 0.5) is 0 Å². The number of imidazole rings is 1. The minimum absolute atomic E-state index is 0.158. The van der Waals surface area contributed by atoms with E-state index >= 15 is 0 Å². The molecule has 21 heavy (non-hydrogen) atoms. The molecular weight excluding hydrogens is 344 g/mol. The number of benzene rings is 2. The third kappa shape index (κ3) is 2.70. The Labute approximate surface area is 137 Å². The highest BCUT2D eigenvalue weighted by Gasteiger charge is 2.14. The van der Waals surface area contributed by atoms with Gasteiger partial charge in [0.2, 0.25) is 0 Å². The zero-order chi connectivity index (χ0) is 15.2. The quantitative estimate of drug-likeness (QED) is 0.548. The van der Waals surface area contributed by atoms with Crippen LogP contribution >= 0.6 is 28.1 Å². The first-order valence-electron chi connectivity index (χ1n) is 6.87. The van der Waals surface area contributed by atoms with Crippen molar-refractivity contribution in [2.75, 3.05) is 0 Å². The van der Waals surface area contributed by atoms with Gasteiger partial charge in [-0.25, -0.2) is 0 Å². The normalized spacial score (nSPS) is 12.0. The maximum Gasteiger partial charge on any atom is 0.182 e. The molecule has 2 aromatic carbocycles. The molecule has 0 radical (unpaired) electrons. The first-order valence-corrected chi connectivity index (χ1v) is 8.07. The van der Waals surface area contributed by atoms with Crippen LogP contribution in [0.1, 0.15) is 26.3 Å². The van der Waals surface area contributed by atoms with Gasteiger partial charge in [0.15, 0.2) is 4.77 Å². The summed E-state index contributed by atoms with van der Waals surface area (Å²) in [6.45, 7) is 6.66. The standard InChI is InChI=1S/C17H17BrN2S/c1-17(2,3)11-4-7-13(8-5-11)20-15-9-6-12(18)10-14(15)19-16(20)21/h4-10H,1-3H3,(H,19,21). The monoisotopic (exact) mass is 360 g/mol. The van der Waals surface area contributed by atoms with Gasteiger partial charge in [0.25, 0.3) is 0 Å². The molecule has 0 spiro atoms. The molecule has 0 fully saturated rings. The molecule has 108 valence electrons. The van der Waals surface area contributed by atoms with Gasteiger partial charge in [-0.1, -0.05) is 48.8 Å². The highest BCUT2D eigenvalue weighted by atomic mass is 79.9. The summed E-state index contributed by atoms with van der Waals surface area (Å²) < 4.78 is 3.83. The van der Waals surface area contributed by atoms with Crippen LogP contribution in [0.3, 0.4) is 0 Å². The van der Waals surface area contributed by atoms with Crippen LogP contribution < -0.4 is 0 Å². The van der Waals surface area contributed by atoms with E-state index in [0.717, 1.165) is 21.2 Å². The van der Waals surface area contributed by atoms with Crippen LogP contribution in [0.25, 0.3) is 16.7 Å². The molecule has 0 aliphatic carbocycles. The molecule has 0 saturated heterocycles. The van der Waals surface area contributed by atoms with E-state index in [4.69, 9.17) is 12.2 Å². The summed E-state index contributed by atoms with van der Waals surface area (Å²) in [7, 11) is 0. The zero-order valence-electron chi connectivity index (χ0n) is 12.3. The summed E-state index contributed by atoms with van der Waals surface area (Å²) in [5, 5.41) is 0. The molecule has 3 rings (SSSR count). The predicted octanol–water partition coefficient (Wildman–Crippen LogP) is 5.75. The minimum Gasteiger partial charge on any atom is -0.330 e. The smallest absolute Gasteiger partial charge is 0.182 e. The molecular formula is C17H17BrN2S. The second-order valence-electron chi connectivity index (χ2n) is 6.22. The summed E-state index contributed by atoms with van der Waals surface area (Å²) in [4.78, 5) is 3.26. The van der Waals surface area contributed by atoms with Gasteiger partial charge in [0, 0.05) is 10.2 Å². The molecule has 1 heterocycles. The number of halogens is 1. The van der Waals surface area contributed by atoms with Gasteiger partial charge in [-0.05, 0) is 53.5 Å². The lowest BCUT2D eigenvalue weighted by atomic mass is 9.87. The Balaban J connectivity index is 2.17. The first kappa shape index (κ1) is 14.5. The highest BCUT2D eigenvalue weighted by molar-refractivity contribution is 9.10. The largest absolute Gasteiger partial charge is 0.330 e. The molecule has 4 heteroatoms. The molecule has 0 unspecified atom stereocenters. The van der Waals surface area contributed by atoms with Gasteiger partial charge in [-0.15, -0.1) is 0 Å². The van der Waals surface area contributed by atoms with Crippen LogP contribution in [-0.2, 0) is 5.41 Å². The third-order valence-corrected chi connectivity index (χ3v) is 4.41. The average Bonchev–Trinajstić information content (AvgIpc) is 2.73. The van der Waals surface area contributed by atoms with Crippen molar-refractivity contribution in [1.82, 2.24) is 9.55 Å². The minimum atomic E-state index is 0.158. The zero-order valence-corrected chi connectivity index (χ0v) is 14.7. The summed E-state index contributed by atoms with van der Waals surface area (Å²) in [5.74, 6) is 0. The molecule has 2 nitrogen and oxygen atoms in total. The number of nitrogens with one attached hydrogen (secondary N) is 1. The van der Waals surface area contributed by atoms with Crippen LogP contribution in [-0.4, -0.2) is 9.55 Å². The Morgan fingerprint density at radius 2 is 1.71 bits per heavy atom. The van der Waals surface area contributed by atoms with Crippen molar-refractivity contribution in [1.29, 1.82) is 0 Å². The number of aromatic amines is 1. The summed E-state index contributed by atoms with van der Waals surface area (Å²) in [6.07, 6.45) is 0. The van der Waals surface area contributed by atoms with Crippen LogP contribution in [0.15, 0.2) is 46.9 Å². The molecule has 0 atom stereocenters. The van der Waals surface area contributed by atoms with Gasteiger partial charge in [0.05, 0.1) is 11.0 Å². The second-order valence-corrected chi connectivity index (χ2v) is 7.53. The number of rotatable bonds is 1. The van der Waals surface area contributed by atoms with Crippen molar-refractivity contribution >= 4 is 39.2 Å². The molecule has 1 N–H and O–H groups in total. The number of hydrogen-bond acceptors (Lipinski definition) is 1. The van der Waals surface area contributed by atoms with Crippen molar-refractivity contribution in [3.8, 4) is 5.69 Å². The Kier molecular flexibility index (Phi) is 3.54. The predicted molar refractivity (Wildman–Crippen MR) is 94.9 cm³/mol. The van der Waals surface area contributed by atoms with E-state index in [0.29, 0.717) is 4.77 Å². The summed E-state index contributed by atoms with van der Waals surface area (Å²) in [5.41, 5.74) is 4.69. The second kappa shape index (κ2) is 5.11. The number of hydrogen-bond donors (Lipinski definition) is 1. The van der Waals surface area contributed by atoms with E-state index in [1.165, 1.54) is 5.56 Å². The molecule has 1 aromatic heterocycles. The van der Waals surface area contributed by atoms with Crippen LogP contribution in [0, 0.1) is 4.77 Å². The van der Waals surface area contributed by atoms with E-state index < -0.39 is 0 Å². The highest BCUT2D eigenvalue weighted by Crippen LogP contribution is 2.26. The van der Waals surface area contributed by atoms with E-state index in [1.54, 1.807) is 0 Å². The van der Waals surface area contributed by atoms with E-state index in [9.17, 15) is 0 Å². The number of H-pyrrole nitrogens is 1. The molecule has 0 aliphatic heterocycles. The van der Waals surface area contributed by atoms with Gasteiger partial charge in [-0.2, -0.15) is 0 Å². The average molecular weight is 361 g/mol. The SMILES string of the molecule is CC(C)(C)c1ccc(-n2c(=S)[nH]c3cc(Br)ccc32)cc1. The lowest BCUT2D eigenvalue weighted by Crippen LogP contribution is -2.10. The fraction of sp³-hybridized carbons (Fsp3) is 0.235. The number of fused-ring (bicyclic) bond motifs is 1. The van der Waals surface area contributed by atoms with Gasteiger partial charge in [-0.3, -0.25) is 4.57 Å². The van der Waals surface area contributed by atoms with Crippen molar-refractivity contribution < 1.29 is 0 Å². The Morgan fingerprint density at radius 1 is 1.05 bits per heavy atom. The van der Waals surface area contributed by atoms with Crippen molar-refractivity contribution in [2.45, 2.75) is 26.2 Å². The van der Waals surface area contributed by atoms with Crippen LogP contribution in [0.2, 0.25) is 0 Å². The molecule has 0 aliphatic rings. The Hall–Kier alpha value is -1.39. The number of aromatic nitrogens is 2. The lowest BCUT2D eigenvalue weighted by molar-refractivity contribution is 0.590. The Bertz CT molecular complexity index is 851. The third-order valence-electron chi connectivity index (χ3n) is 3.64. The van der Waals surface area contributed by atoms with Gasteiger partial charge in [0.1, 0.15) is 0 Å². The maximum atomic E-state index is 5.48. The lowest BCUT2D eigenvalue weighted by Gasteiger charge is -2.19. The fourth-order valence-electron chi connectivity index (χ4n) is 2.45. The first-order chi connectivity index (χ1) is 9.86. The fourth-order valence-corrected chi connectivity index (χ4v) is 3.13. The Morgan fingerprint density at radius 3 is 2.33 bits per heavy atom. The molecule has 0 bridgehead atoms. The van der Waals surface area contributed by atoms with E-state index in [1.807, 2.05) is 12.1 Å². The maximum absolute atomic E-state index is 5.48. The summed E-state index contributed by atoms with van der Waals surface area (Å²) in [6, 6.07) is 14.8. The molecule has 0 saturated carbocycles. The molecule has 0 amide bonds. The van der Waals surface area contributed by atoms with Gasteiger partial charge >= 0.3 is 0 Å². The number of nitrogens with zero attached hydrogens (tertiary/aromatic N) is 1. The van der Waals surface area contributed by atoms with Crippen molar-refractivity contribution in [2.24, 2.45) is 0 Å². The van der Waals surface area contributed by atoms with E-state index in [-0.39, 0.29) is 5.41 Å². The van der Waals surface area contributed by atoms with Crippen LogP contribution in [0.5, 0.6) is 0 Å². The van der Waals surface area contributed by atoms with E-state index in [2.05, 4.69) is 76.6 Å². The topological polar surface area (TPSA) is 20.7 Å². The van der Waals surface area contributed by atoms with Crippen molar-refractivity contribution in [3.05, 3.63) is 57.3 Å². The van der Waals surface area contributed by atoms with Gasteiger partial charge < -0.3 is 4.98 Å².